The second-order valence-corrected chi connectivity index (χ2v) is 5.33. The first kappa shape index (κ1) is 17.9. The van der Waals surface area contributed by atoms with Crippen LogP contribution in [0.2, 0.25) is 0 Å². The van der Waals surface area contributed by atoms with E-state index in [1.54, 1.807) is 6.07 Å². The largest absolute Gasteiger partial charge is 0.338 e. The monoisotopic (exact) mass is 316 g/mol. The Labute approximate surface area is 132 Å². The van der Waals surface area contributed by atoms with Crippen LogP contribution < -0.4 is 10.6 Å². The number of amides is 1. The molecule has 0 unspecified atom stereocenters. The second-order valence-electron chi connectivity index (χ2n) is 5.33. The number of aromatic nitrogens is 1. The second kappa shape index (κ2) is 9.02. The Bertz CT molecular complexity index is 432. The fourth-order valence-corrected chi connectivity index (χ4v) is 2.63. The number of nitrogens with zero attached hydrogens (tertiary/aromatic N) is 2. The first-order chi connectivity index (χ1) is 9.69. The summed E-state index contributed by atoms with van der Waals surface area (Å²) in [5, 5.41) is 9.89. The SMILES string of the molecule is CCCN(CC(=O)Nc1cc(C)no1)C1CCNCC1.Cl. The summed E-state index contributed by atoms with van der Waals surface area (Å²) in [7, 11) is 0. The van der Waals surface area contributed by atoms with Gasteiger partial charge < -0.3 is 9.84 Å². The van der Waals surface area contributed by atoms with Crippen molar-refractivity contribution in [2.75, 3.05) is 31.5 Å². The lowest BCUT2D eigenvalue weighted by Crippen LogP contribution is -2.46. The average molecular weight is 317 g/mol. The highest BCUT2D eigenvalue weighted by Gasteiger charge is 2.22. The van der Waals surface area contributed by atoms with E-state index in [9.17, 15) is 4.79 Å². The zero-order chi connectivity index (χ0) is 14.4. The van der Waals surface area contributed by atoms with Crippen LogP contribution in [0.1, 0.15) is 31.9 Å². The van der Waals surface area contributed by atoms with E-state index in [0.717, 1.165) is 44.6 Å². The van der Waals surface area contributed by atoms with Crippen molar-refractivity contribution in [3.05, 3.63) is 11.8 Å². The van der Waals surface area contributed by atoms with Crippen LogP contribution in [0.15, 0.2) is 10.6 Å². The Hall–Kier alpha value is -1.11. The van der Waals surface area contributed by atoms with Crippen molar-refractivity contribution >= 4 is 24.2 Å². The molecule has 1 amide bonds. The molecular weight excluding hydrogens is 292 g/mol. The highest BCUT2D eigenvalue weighted by atomic mass is 35.5. The highest BCUT2D eigenvalue weighted by molar-refractivity contribution is 5.91. The van der Waals surface area contributed by atoms with E-state index in [-0.39, 0.29) is 18.3 Å². The van der Waals surface area contributed by atoms with Crippen molar-refractivity contribution in [2.24, 2.45) is 0 Å². The lowest BCUT2D eigenvalue weighted by atomic mass is 10.0. The van der Waals surface area contributed by atoms with Gasteiger partial charge >= 0.3 is 0 Å². The number of aryl methyl sites for hydroxylation is 1. The highest BCUT2D eigenvalue weighted by Crippen LogP contribution is 2.13. The molecule has 21 heavy (non-hydrogen) atoms. The van der Waals surface area contributed by atoms with Crippen LogP contribution in [0.4, 0.5) is 5.88 Å². The van der Waals surface area contributed by atoms with E-state index in [1.807, 2.05) is 6.92 Å². The number of halogens is 1. The number of hydrogen-bond donors (Lipinski definition) is 2. The van der Waals surface area contributed by atoms with Gasteiger partial charge in [-0.1, -0.05) is 12.1 Å². The van der Waals surface area contributed by atoms with Crippen LogP contribution in [0, 0.1) is 6.92 Å². The van der Waals surface area contributed by atoms with Gasteiger partial charge in [-0.3, -0.25) is 15.0 Å². The number of nitrogens with one attached hydrogen (secondary N) is 2. The molecule has 2 heterocycles. The standard InChI is InChI=1S/C14H24N4O2.ClH/c1-3-8-18(12-4-6-15-7-5-12)10-13(19)16-14-9-11(2)17-20-14;/h9,12,15H,3-8,10H2,1-2H3,(H,16,19);1H. The van der Waals surface area contributed by atoms with E-state index in [0.29, 0.717) is 18.5 Å². The topological polar surface area (TPSA) is 70.4 Å². The van der Waals surface area contributed by atoms with Gasteiger partial charge in [0.2, 0.25) is 11.8 Å². The zero-order valence-electron chi connectivity index (χ0n) is 12.7. The lowest BCUT2D eigenvalue weighted by molar-refractivity contribution is -0.118. The molecule has 7 heteroatoms. The Morgan fingerprint density at radius 1 is 1.52 bits per heavy atom. The van der Waals surface area contributed by atoms with Crippen molar-refractivity contribution in [1.82, 2.24) is 15.4 Å². The number of carbonyl (C=O) groups is 1. The molecular formula is C14H25ClN4O2. The minimum atomic E-state index is -0.0341. The molecule has 1 aliphatic rings. The molecule has 1 fully saturated rings. The normalized spacial score (nSPS) is 15.8. The molecule has 1 aromatic rings. The Balaban J connectivity index is 0.00000220. The first-order valence-corrected chi connectivity index (χ1v) is 7.37. The van der Waals surface area contributed by atoms with E-state index < -0.39 is 0 Å². The van der Waals surface area contributed by atoms with E-state index in [4.69, 9.17) is 4.52 Å². The maximum absolute atomic E-state index is 12.1. The Morgan fingerprint density at radius 2 is 2.24 bits per heavy atom. The predicted molar refractivity (Wildman–Crippen MR) is 84.9 cm³/mol. The van der Waals surface area contributed by atoms with Crippen molar-refractivity contribution in [3.63, 3.8) is 0 Å². The van der Waals surface area contributed by atoms with Gasteiger partial charge in [-0.05, 0) is 45.8 Å². The Kier molecular flexibility index (Phi) is 7.71. The predicted octanol–water partition coefficient (Wildman–Crippen LogP) is 1.81. The number of rotatable bonds is 6. The van der Waals surface area contributed by atoms with Gasteiger partial charge in [0.1, 0.15) is 0 Å². The van der Waals surface area contributed by atoms with Crippen LogP contribution >= 0.6 is 12.4 Å². The van der Waals surface area contributed by atoms with Crippen molar-refractivity contribution in [1.29, 1.82) is 0 Å². The minimum Gasteiger partial charge on any atom is -0.338 e. The van der Waals surface area contributed by atoms with Gasteiger partial charge in [-0.15, -0.1) is 12.4 Å². The molecule has 2 rings (SSSR count). The summed E-state index contributed by atoms with van der Waals surface area (Å²) in [6.45, 7) is 7.41. The fourth-order valence-electron chi connectivity index (χ4n) is 2.63. The molecule has 6 nitrogen and oxygen atoms in total. The van der Waals surface area contributed by atoms with Gasteiger partial charge in [-0.2, -0.15) is 0 Å². The quantitative estimate of drug-likeness (QED) is 0.837. The van der Waals surface area contributed by atoms with Crippen LogP contribution in [-0.4, -0.2) is 48.2 Å². The van der Waals surface area contributed by atoms with E-state index in [1.165, 1.54) is 0 Å². The number of carbonyl (C=O) groups excluding carboxylic acids is 1. The summed E-state index contributed by atoms with van der Waals surface area (Å²) < 4.78 is 5.01. The third kappa shape index (κ3) is 5.65. The molecule has 1 aromatic heterocycles. The molecule has 1 saturated heterocycles. The Morgan fingerprint density at radius 3 is 2.81 bits per heavy atom. The van der Waals surface area contributed by atoms with Gasteiger partial charge in [-0.25, -0.2) is 0 Å². The number of anilines is 1. The molecule has 0 atom stereocenters. The maximum atomic E-state index is 12.1. The average Bonchev–Trinajstić information content (AvgIpc) is 2.84. The fraction of sp³-hybridized carbons (Fsp3) is 0.714. The van der Waals surface area contributed by atoms with Crippen LogP contribution in [0.5, 0.6) is 0 Å². The lowest BCUT2D eigenvalue weighted by Gasteiger charge is -2.33. The summed E-state index contributed by atoms with van der Waals surface area (Å²) >= 11 is 0. The van der Waals surface area contributed by atoms with E-state index >= 15 is 0 Å². The third-order valence-electron chi connectivity index (χ3n) is 3.57. The molecule has 1 aliphatic heterocycles. The van der Waals surface area contributed by atoms with Crippen LogP contribution in [0.25, 0.3) is 0 Å². The maximum Gasteiger partial charge on any atom is 0.240 e. The summed E-state index contributed by atoms with van der Waals surface area (Å²) in [5.41, 5.74) is 0.768. The summed E-state index contributed by atoms with van der Waals surface area (Å²) in [6.07, 6.45) is 3.27. The molecule has 120 valence electrons. The summed E-state index contributed by atoms with van der Waals surface area (Å²) in [5.74, 6) is 0.391. The zero-order valence-corrected chi connectivity index (χ0v) is 13.5. The van der Waals surface area contributed by atoms with Crippen molar-refractivity contribution < 1.29 is 9.32 Å². The molecule has 0 spiro atoms. The van der Waals surface area contributed by atoms with Crippen molar-refractivity contribution in [3.8, 4) is 0 Å². The summed E-state index contributed by atoms with van der Waals surface area (Å²) in [6, 6.07) is 2.23. The van der Waals surface area contributed by atoms with Crippen molar-refractivity contribution in [2.45, 2.75) is 39.2 Å². The van der Waals surface area contributed by atoms with Crippen LogP contribution in [-0.2, 0) is 4.79 Å². The van der Waals surface area contributed by atoms with Crippen LogP contribution in [0.3, 0.4) is 0 Å². The molecule has 2 N–H and O–H groups in total. The molecule has 0 radical (unpaired) electrons. The summed E-state index contributed by atoms with van der Waals surface area (Å²) in [4.78, 5) is 14.4. The molecule has 0 bridgehead atoms. The number of piperidine rings is 1. The van der Waals surface area contributed by atoms with Gasteiger partial charge in [0.15, 0.2) is 0 Å². The first-order valence-electron chi connectivity index (χ1n) is 7.37. The van der Waals surface area contributed by atoms with E-state index in [2.05, 4.69) is 27.6 Å². The minimum absolute atomic E-state index is 0. The van der Waals surface area contributed by atoms with Gasteiger partial charge in [0.05, 0.1) is 12.2 Å². The molecule has 0 aliphatic carbocycles. The van der Waals surface area contributed by atoms with Gasteiger partial charge in [0, 0.05) is 12.1 Å². The third-order valence-corrected chi connectivity index (χ3v) is 3.57. The number of hydrogen-bond acceptors (Lipinski definition) is 5. The molecule has 0 saturated carbocycles. The van der Waals surface area contributed by atoms with Gasteiger partial charge in [0.25, 0.3) is 0 Å². The molecule has 0 aromatic carbocycles. The smallest absolute Gasteiger partial charge is 0.240 e.